The van der Waals surface area contributed by atoms with Gasteiger partial charge in [-0.3, -0.25) is 9.98 Å². The van der Waals surface area contributed by atoms with Gasteiger partial charge in [-0.05, 0) is 49.4 Å². The monoisotopic (exact) mass is 250 g/mol. The van der Waals surface area contributed by atoms with Crippen LogP contribution in [0.25, 0.3) is 0 Å². The fraction of sp³-hybridized carbons (Fsp3) is 0.875. The molecule has 0 heterocycles. The Kier molecular flexibility index (Phi) is 7.22. The molecule has 2 heteroatoms. The molecular formula is C16H30N2. The van der Waals surface area contributed by atoms with E-state index in [4.69, 9.17) is 0 Å². The van der Waals surface area contributed by atoms with Gasteiger partial charge in [0, 0.05) is 25.5 Å². The third kappa shape index (κ3) is 6.93. The van der Waals surface area contributed by atoms with E-state index in [9.17, 15) is 0 Å². The Balaban J connectivity index is 2.16. The van der Waals surface area contributed by atoms with Crippen molar-refractivity contribution in [3.63, 3.8) is 0 Å². The second-order valence-electron chi connectivity index (χ2n) is 6.40. The van der Waals surface area contributed by atoms with Crippen molar-refractivity contribution in [2.24, 2.45) is 33.7 Å². The minimum atomic E-state index is 0.590. The Morgan fingerprint density at radius 3 is 1.39 bits per heavy atom. The second-order valence-corrected chi connectivity index (χ2v) is 6.40. The van der Waals surface area contributed by atoms with E-state index < -0.39 is 0 Å². The fourth-order valence-corrected chi connectivity index (χ4v) is 2.44. The lowest BCUT2D eigenvalue weighted by Gasteiger charge is -2.26. The van der Waals surface area contributed by atoms with Crippen molar-refractivity contribution in [1.82, 2.24) is 0 Å². The molecule has 1 fully saturated rings. The quantitative estimate of drug-likeness (QED) is 0.630. The lowest BCUT2D eigenvalue weighted by Crippen LogP contribution is -2.18. The van der Waals surface area contributed by atoms with Crippen molar-refractivity contribution in [2.75, 3.05) is 13.1 Å². The average molecular weight is 250 g/mol. The van der Waals surface area contributed by atoms with Crippen LogP contribution >= 0.6 is 0 Å². The Bertz CT molecular complexity index is 230. The highest BCUT2D eigenvalue weighted by Gasteiger charge is 2.20. The van der Waals surface area contributed by atoms with E-state index in [0.29, 0.717) is 11.8 Å². The predicted octanol–water partition coefficient (Wildman–Crippen LogP) is 4.25. The van der Waals surface area contributed by atoms with Crippen LogP contribution in [0.15, 0.2) is 9.98 Å². The molecule has 1 rings (SSSR count). The molecule has 0 bridgehead atoms. The largest absolute Gasteiger partial charge is 0.297 e. The first-order chi connectivity index (χ1) is 8.58. The summed E-state index contributed by atoms with van der Waals surface area (Å²) >= 11 is 0. The van der Waals surface area contributed by atoms with Crippen molar-refractivity contribution < 1.29 is 0 Å². The van der Waals surface area contributed by atoms with E-state index in [2.05, 4.69) is 50.1 Å². The van der Waals surface area contributed by atoms with Crippen LogP contribution in [0.3, 0.4) is 0 Å². The van der Waals surface area contributed by atoms with Crippen LogP contribution in [0.2, 0.25) is 0 Å². The molecule has 0 saturated heterocycles. The summed E-state index contributed by atoms with van der Waals surface area (Å²) in [5, 5.41) is 0. The van der Waals surface area contributed by atoms with Gasteiger partial charge in [0.15, 0.2) is 0 Å². The summed E-state index contributed by atoms with van der Waals surface area (Å²) in [7, 11) is 0. The van der Waals surface area contributed by atoms with Crippen molar-refractivity contribution in [3.8, 4) is 0 Å². The molecule has 1 aliphatic rings. The number of rotatable bonds is 6. The summed E-state index contributed by atoms with van der Waals surface area (Å²) in [5.74, 6) is 2.83. The van der Waals surface area contributed by atoms with Crippen LogP contribution in [-0.4, -0.2) is 25.5 Å². The zero-order valence-corrected chi connectivity index (χ0v) is 12.6. The molecule has 1 saturated carbocycles. The highest BCUT2D eigenvalue weighted by Crippen LogP contribution is 2.29. The molecule has 0 unspecified atom stereocenters. The molecule has 1 aliphatic carbocycles. The number of nitrogens with zero attached hydrogens (tertiary/aromatic N) is 2. The van der Waals surface area contributed by atoms with Crippen molar-refractivity contribution >= 4 is 12.4 Å². The summed E-state index contributed by atoms with van der Waals surface area (Å²) in [4.78, 5) is 9.10. The predicted molar refractivity (Wildman–Crippen MR) is 81.8 cm³/mol. The lowest BCUT2D eigenvalue weighted by molar-refractivity contribution is 0.286. The van der Waals surface area contributed by atoms with Crippen molar-refractivity contribution in [1.29, 1.82) is 0 Å². The van der Waals surface area contributed by atoms with Crippen LogP contribution in [0.1, 0.15) is 53.4 Å². The zero-order chi connectivity index (χ0) is 13.4. The minimum Gasteiger partial charge on any atom is -0.297 e. The summed E-state index contributed by atoms with van der Waals surface area (Å²) in [6.45, 7) is 10.8. The van der Waals surface area contributed by atoms with E-state index in [1.807, 2.05) is 0 Å². The van der Waals surface area contributed by atoms with Gasteiger partial charge in [0.05, 0.1) is 0 Å². The molecule has 18 heavy (non-hydrogen) atoms. The van der Waals surface area contributed by atoms with Gasteiger partial charge in [-0.2, -0.15) is 0 Å². The zero-order valence-electron chi connectivity index (χ0n) is 12.6. The van der Waals surface area contributed by atoms with E-state index in [1.165, 1.54) is 25.7 Å². The van der Waals surface area contributed by atoms with Crippen LogP contribution in [0.4, 0.5) is 0 Å². The third-order valence-corrected chi connectivity index (χ3v) is 3.50. The van der Waals surface area contributed by atoms with Crippen LogP contribution < -0.4 is 0 Å². The molecule has 0 spiro atoms. The van der Waals surface area contributed by atoms with Gasteiger partial charge in [-0.25, -0.2) is 0 Å². The van der Waals surface area contributed by atoms with Crippen molar-refractivity contribution in [2.45, 2.75) is 53.4 Å². The Labute approximate surface area is 113 Å². The summed E-state index contributed by atoms with van der Waals surface area (Å²) in [6.07, 6.45) is 9.57. The van der Waals surface area contributed by atoms with Gasteiger partial charge < -0.3 is 0 Å². The first-order valence-electron chi connectivity index (χ1n) is 7.57. The maximum absolute atomic E-state index is 4.55. The normalized spacial score (nSPS) is 25.9. The molecule has 0 aliphatic heterocycles. The highest BCUT2D eigenvalue weighted by atomic mass is 14.7. The first kappa shape index (κ1) is 15.4. The van der Waals surface area contributed by atoms with Gasteiger partial charge in [0.1, 0.15) is 0 Å². The SMILES string of the molecule is CC(C)C=NCC1CCC(CN=CC(C)C)CC1. The molecule has 0 amide bonds. The molecule has 104 valence electrons. The molecule has 2 nitrogen and oxygen atoms in total. The fourth-order valence-electron chi connectivity index (χ4n) is 2.44. The maximum atomic E-state index is 4.55. The standard InChI is InChI=1S/C16H30N2/c1-13(2)9-17-11-15-5-7-16(8-6-15)12-18-10-14(3)4/h9-10,13-16H,5-8,11-12H2,1-4H3. The molecule has 0 radical (unpaired) electrons. The topological polar surface area (TPSA) is 24.7 Å². The average Bonchev–Trinajstić information content (AvgIpc) is 2.30. The van der Waals surface area contributed by atoms with Gasteiger partial charge in [-0.15, -0.1) is 0 Å². The number of hydrogen-bond donors (Lipinski definition) is 0. The third-order valence-electron chi connectivity index (χ3n) is 3.50. The molecule has 0 aromatic carbocycles. The molecule has 0 atom stereocenters. The second kappa shape index (κ2) is 8.44. The maximum Gasteiger partial charge on any atom is 0.0413 e. The molecule has 0 aromatic heterocycles. The van der Waals surface area contributed by atoms with Crippen LogP contribution in [-0.2, 0) is 0 Å². The first-order valence-corrected chi connectivity index (χ1v) is 7.57. The molecule has 0 N–H and O–H groups in total. The Hall–Kier alpha value is -0.660. The smallest absolute Gasteiger partial charge is 0.0413 e. The Morgan fingerprint density at radius 1 is 0.778 bits per heavy atom. The summed E-state index contributed by atoms with van der Waals surface area (Å²) < 4.78 is 0. The van der Waals surface area contributed by atoms with Gasteiger partial charge >= 0.3 is 0 Å². The van der Waals surface area contributed by atoms with Crippen molar-refractivity contribution in [3.05, 3.63) is 0 Å². The molecular weight excluding hydrogens is 220 g/mol. The van der Waals surface area contributed by atoms with Crippen LogP contribution in [0.5, 0.6) is 0 Å². The van der Waals surface area contributed by atoms with Gasteiger partial charge in [-0.1, -0.05) is 27.7 Å². The van der Waals surface area contributed by atoms with Gasteiger partial charge in [0.25, 0.3) is 0 Å². The van der Waals surface area contributed by atoms with E-state index in [-0.39, 0.29) is 0 Å². The van der Waals surface area contributed by atoms with E-state index in [1.54, 1.807) is 0 Å². The van der Waals surface area contributed by atoms with Crippen LogP contribution in [0, 0.1) is 23.7 Å². The Morgan fingerprint density at radius 2 is 1.11 bits per heavy atom. The highest BCUT2D eigenvalue weighted by molar-refractivity contribution is 5.59. The summed E-state index contributed by atoms with van der Waals surface area (Å²) in [5.41, 5.74) is 0. The number of hydrogen-bond acceptors (Lipinski definition) is 2. The number of aliphatic imine (C=N–C) groups is 2. The lowest BCUT2D eigenvalue weighted by atomic mass is 9.82. The van der Waals surface area contributed by atoms with Gasteiger partial charge in [0.2, 0.25) is 0 Å². The minimum absolute atomic E-state index is 0.590. The molecule has 0 aromatic rings. The summed E-state index contributed by atoms with van der Waals surface area (Å²) in [6, 6.07) is 0. The van der Waals surface area contributed by atoms with E-state index >= 15 is 0 Å². The van der Waals surface area contributed by atoms with E-state index in [0.717, 1.165) is 24.9 Å².